The van der Waals surface area contributed by atoms with Crippen molar-refractivity contribution in [2.75, 3.05) is 6.54 Å². The lowest BCUT2D eigenvalue weighted by Gasteiger charge is -2.13. The number of hydrogen-bond acceptors (Lipinski definition) is 2. The van der Waals surface area contributed by atoms with Crippen molar-refractivity contribution >= 4 is 0 Å². The number of benzene rings is 1. The molecule has 3 N–H and O–H groups in total. The Hall–Kier alpha value is -1.02. The molecule has 13 heavy (non-hydrogen) atoms. The molecule has 0 saturated carbocycles. The molecule has 0 aromatic heterocycles. The van der Waals surface area contributed by atoms with E-state index in [1.165, 1.54) is 5.56 Å². The van der Waals surface area contributed by atoms with Crippen LogP contribution in [0.1, 0.15) is 29.5 Å². The van der Waals surface area contributed by atoms with Crippen molar-refractivity contribution in [2.45, 2.75) is 26.7 Å². The standard InChI is InChI=1S/C11H17NO/c1-7-4-10(9(3)6-12)11(13)5-8(7)2/h4-5,9,13H,6,12H2,1-3H3. The Labute approximate surface area is 79.4 Å². The van der Waals surface area contributed by atoms with Crippen LogP contribution in [0.3, 0.4) is 0 Å². The lowest BCUT2D eigenvalue weighted by atomic mass is 9.96. The van der Waals surface area contributed by atoms with E-state index in [0.29, 0.717) is 12.3 Å². The van der Waals surface area contributed by atoms with E-state index in [-0.39, 0.29) is 5.92 Å². The third kappa shape index (κ3) is 2.01. The van der Waals surface area contributed by atoms with E-state index in [4.69, 9.17) is 5.73 Å². The largest absolute Gasteiger partial charge is 0.508 e. The van der Waals surface area contributed by atoms with Crippen molar-refractivity contribution in [3.63, 3.8) is 0 Å². The summed E-state index contributed by atoms with van der Waals surface area (Å²) in [4.78, 5) is 0. The molecule has 0 aliphatic heterocycles. The maximum absolute atomic E-state index is 9.66. The monoisotopic (exact) mass is 179 g/mol. The smallest absolute Gasteiger partial charge is 0.119 e. The summed E-state index contributed by atoms with van der Waals surface area (Å²) in [6.07, 6.45) is 0. The van der Waals surface area contributed by atoms with Gasteiger partial charge in [0.1, 0.15) is 5.75 Å². The summed E-state index contributed by atoms with van der Waals surface area (Å²) in [5.74, 6) is 0.584. The molecule has 2 nitrogen and oxygen atoms in total. The topological polar surface area (TPSA) is 46.2 Å². The molecule has 0 spiro atoms. The normalized spacial score (nSPS) is 12.9. The van der Waals surface area contributed by atoms with Crippen molar-refractivity contribution in [1.29, 1.82) is 0 Å². The van der Waals surface area contributed by atoms with Gasteiger partial charge in [0, 0.05) is 0 Å². The molecule has 0 heterocycles. The molecule has 0 radical (unpaired) electrons. The van der Waals surface area contributed by atoms with Crippen LogP contribution in [-0.2, 0) is 0 Å². The average Bonchev–Trinajstić information content (AvgIpc) is 2.10. The van der Waals surface area contributed by atoms with Crippen molar-refractivity contribution in [3.8, 4) is 5.75 Å². The molecule has 1 rings (SSSR count). The van der Waals surface area contributed by atoms with Gasteiger partial charge in [-0.3, -0.25) is 0 Å². The molecule has 1 atom stereocenters. The number of aromatic hydroxyl groups is 1. The predicted molar refractivity (Wildman–Crippen MR) is 55.1 cm³/mol. The lowest BCUT2D eigenvalue weighted by molar-refractivity contribution is 0.462. The Morgan fingerprint density at radius 1 is 1.31 bits per heavy atom. The van der Waals surface area contributed by atoms with E-state index in [0.717, 1.165) is 11.1 Å². The molecule has 1 unspecified atom stereocenters. The second kappa shape index (κ2) is 3.79. The molecule has 0 fully saturated rings. The van der Waals surface area contributed by atoms with Gasteiger partial charge in [-0.15, -0.1) is 0 Å². The highest BCUT2D eigenvalue weighted by Crippen LogP contribution is 2.27. The summed E-state index contributed by atoms with van der Waals surface area (Å²) < 4.78 is 0. The van der Waals surface area contributed by atoms with Crippen LogP contribution in [0.5, 0.6) is 5.75 Å². The fourth-order valence-electron chi connectivity index (χ4n) is 1.34. The van der Waals surface area contributed by atoms with E-state index in [1.807, 2.05) is 26.8 Å². The minimum absolute atomic E-state index is 0.222. The first-order valence-corrected chi connectivity index (χ1v) is 4.56. The number of aryl methyl sites for hydroxylation is 2. The minimum Gasteiger partial charge on any atom is -0.508 e. The predicted octanol–water partition coefficient (Wildman–Crippen LogP) is 2.07. The Morgan fingerprint density at radius 3 is 2.38 bits per heavy atom. The highest BCUT2D eigenvalue weighted by molar-refractivity contribution is 5.42. The molecule has 1 aromatic rings. The van der Waals surface area contributed by atoms with Crippen molar-refractivity contribution in [2.24, 2.45) is 5.73 Å². The van der Waals surface area contributed by atoms with E-state index >= 15 is 0 Å². The molecule has 0 aliphatic rings. The zero-order valence-corrected chi connectivity index (χ0v) is 8.46. The minimum atomic E-state index is 0.222. The van der Waals surface area contributed by atoms with Crippen LogP contribution in [0.25, 0.3) is 0 Å². The van der Waals surface area contributed by atoms with Crippen molar-refractivity contribution in [1.82, 2.24) is 0 Å². The molecule has 0 amide bonds. The van der Waals surface area contributed by atoms with Crippen LogP contribution >= 0.6 is 0 Å². The molecule has 72 valence electrons. The highest BCUT2D eigenvalue weighted by atomic mass is 16.3. The summed E-state index contributed by atoms with van der Waals surface area (Å²) in [7, 11) is 0. The second-order valence-electron chi connectivity index (χ2n) is 3.63. The molecule has 0 aliphatic carbocycles. The number of rotatable bonds is 2. The Morgan fingerprint density at radius 2 is 1.85 bits per heavy atom. The van der Waals surface area contributed by atoms with Crippen LogP contribution in [0.2, 0.25) is 0 Å². The molecule has 1 aromatic carbocycles. The van der Waals surface area contributed by atoms with Gasteiger partial charge in [0.15, 0.2) is 0 Å². The van der Waals surface area contributed by atoms with E-state index in [2.05, 4.69) is 0 Å². The van der Waals surface area contributed by atoms with Gasteiger partial charge < -0.3 is 10.8 Å². The molecular formula is C11H17NO. The molecule has 0 bridgehead atoms. The first-order valence-electron chi connectivity index (χ1n) is 4.56. The van der Waals surface area contributed by atoms with Crippen LogP contribution in [0, 0.1) is 13.8 Å². The summed E-state index contributed by atoms with van der Waals surface area (Å²) in [6.45, 7) is 6.62. The number of nitrogens with two attached hydrogens (primary N) is 1. The van der Waals surface area contributed by atoms with Crippen LogP contribution in [-0.4, -0.2) is 11.7 Å². The number of phenols is 1. The van der Waals surface area contributed by atoms with E-state index < -0.39 is 0 Å². The fourth-order valence-corrected chi connectivity index (χ4v) is 1.34. The maximum atomic E-state index is 9.66. The summed E-state index contributed by atoms with van der Waals surface area (Å²) in [5, 5.41) is 9.66. The molecule has 2 heteroatoms. The second-order valence-corrected chi connectivity index (χ2v) is 3.63. The van der Waals surface area contributed by atoms with Crippen molar-refractivity contribution in [3.05, 3.63) is 28.8 Å². The quantitative estimate of drug-likeness (QED) is 0.730. The number of phenolic OH excluding ortho intramolecular Hbond substituents is 1. The first kappa shape index (κ1) is 10.1. The van der Waals surface area contributed by atoms with Gasteiger partial charge in [-0.05, 0) is 49.1 Å². The molecule has 0 saturated heterocycles. The molecular weight excluding hydrogens is 162 g/mol. The van der Waals surface area contributed by atoms with Gasteiger partial charge in [-0.2, -0.15) is 0 Å². The van der Waals surface area contributed by atoms with Gasteiger partial charge in [0.25, 0.3) is 0 Å². The maximum Gasteiger partial charge on any atom is 0.119 e. The van der Waals surface area contributed by atoms with Crippen molar-refractivity contribution < 1.29 is 5.11 Å². The number of hydrogen-bond donors (Lipinski definition) is 2. The highest BCUT2D eigenvalue weighted by Gasteiger charge is 2.09. The third-order valence-electron chi connectivity index (χ3n) is 2.53. The summed E-state index contributed by atoms with van der Waals surface area (Å²) >= 11 is 0. The Balaban J connectivity index is 3.15. The summed E-state index contributed by atoms with van der Waals surface area (Å²) in [5.41, 5.74) is 8.82. The Bertz CT molecular complexity index is 307. The first-order chi connectivity index (χ1) is 6.06. The average molecular weight is 179 g/mol. The SMILES string of the molecule is Cc1cc(O)c(C(C)CN)cc1C. The van der Waals surface area contributed by atoms with Gasteiger partial charge >= 0.3 is 0 Å². The zero-order chi connectivity index (χ0) is 10.0. The van der Waals surface area contributed by atoms with Gasteiger partial charge in [0.05, 0.1) is 0 Å². The Kier molecular flexibility index (Phi) is 2.94. The zero-order valence-electron chi connectivity index (χ0n) is 8.46. The van der Waals surface area contributed by atoms with Crippen LogP contribution in [0.4, 0.5) is 0 Å². The summed E-state index contributed by atoms with van der Waals surface area (Å²) in [6, 6.07) is 3.82. The van der Waals surface area contributed by atoms with E-state index in [9.17, 15) is 5.11 Å². The fraction of sp³-hybridized carbons (Fsp3) is 0.455. The third-order valence-corrected chi connectivity index (χ3v) is 2.53. The van der Waals surface area contributed by atoms with E-state index in [1.54, 1.807) is 6.07 Å². The van der Waals surface area contributed by atoms with Crippen LogP contribution < -0.4 is 5.73 Å². The van der Waals surface area contributed by atoms with Gasteiger partial charge in [-0.1, -0.05) is 13.0 Å². The van der Waals surface area contributed by atoms with Crippen LogP contribution in [0.15, 0.2) is 12.1 Å². The van der Waals surface area contributed by atoms with Gasteiger partial charge in [-0.25, -0.2) is 0 Å². The lowest BCUT2D eigenvalue weighted by Crippen LogP contribution is -2.09. The van der Waals surface area contributed by atoms with Gasteiger partial charge in [0.2, 0.25) is 0 Å².